The van der Waals surface area contributed by atoms with Crippen molar-refractivity contribution in [2.24, 2.45) is 0 Å². The van der Waals surface area contributed by atoms with Crippen molar-refractivity contribution >= 4 is 5.95 Å². The number of aromatic nitrogens is 3. The zero-order chi connectivity index (χ0) is 21.0. The Hall–Kier alpha value is -4.31. The Labute approximate surface area is 181 Å². The number of hydrogen-bond acceptors (Lipinski definition) is 4. The highest BCUT2D eigenvalue weighted by Gasteiger charge is 2.10. The van der Waals surface area contributed by atoms with E-state index in [1.54, 1.807) is 0 Å². The molecule has 0 saturated heterocycles. The summed E-state index contributed by atoms with van der Waals surface area (Å²) in [6.07, 6.45) is 0. The molecular formula is C27H20N4. The molecule has 0 aliphatic heterocycles. The van der Waals surface area contributed by atoms with Gasteiger partial charge in [0.1, 0.15) is 0 Å². The maximum Gasteiger partial charge on any atom is 0.224 e. The van der Waals surface area contributed by atoms with Gasteiger partial charge in [-0.05, 0) is 28.3 Å². The number of nitrogens with two attached hydrogens (primary N) is 1. The smallest absolute Gasteiger partial charge is 0.224 e. The maximum atomic E-state index is 5.99. The second kappa shape index (κ2) is 8.20. The van der Waals surface area contributed by atoms with E-state index in [1.807, 2.05) is 48.5 Å². The van der Waals surface area contributed by atoms with Gasteiger partial charge in [0.25, 0.3) is 0 Å². The maximum absolute atomic E-state index is 5.99. The van der Waals surface area contributed by atoms with Gasteiger partial charge in [-0.25, -0.2) is 4.98 Å². The lowest BCUT2D eigenvalue weighted by Crippen LogP contribution is -2.02. The first-order valence-electron chi connectivity index (χ1n) is 10.1. The Bertz CT molecular complexity index is 1310. The molecule has 5 aromatic rings. The van der Waals surface area contributed by atoms with Crippen LogP contribution >= 0.6 is 0 Å². The summed E-state index contributed by atoms with van der Waals surface area (Å²) in [6.45, 7) is 0. The number of hydrogen-bond donors (Lipinski definition) is 1. The van der Waals surface area contributed by atoms with Crippen molar-refractivity contribution in [1.82, 2.24) is 15.0 Å². The average Bonchev–Trinajstić information content (AvgIpc) is 2.85. The van der Waals surface area contributed by atoms with E-state index in [0.29, 0.717) is 11.6 Å². The highest BCUT2D eigenvalue weighted by Crippen LogP contribution is 2.28. The summed E-state index contributed by atoms with van der Waals surface area (Å²) >= 11 is 0. The van der Waals surface area contributed by atoms with Gasteiger partial charge in [0.15, 0.2) is 11.6 Å². The highest BCUT2D eigenvalue weighted by atomic mass is 15.1. The molecule has 1 aromatic heterocycles. The largest absolute Gasteiger partial charge is 0.368 e. The molecule has 0 unspecified atom stereocenters. The molecule has 31 heavy (non-hydrogen) atoms. The van der Waals surface area contributed by atoms with Crippen molar-refractivity contribution < 1.29 is 0 Å². The van der Waals surface area contributed by atoms with Crippen LogP contribution < -0.4 is 5.73 Å². The van der Waals surface area contributed by atoms with E-state index >= 15 is 0 Å². The van der Waals surface area contributed by atoms with Crippen LogP contribution in [0.1, 0.15) is 0 Å². The number of nitrogen functional groups attached to an aromatic ring is 1. The highest BCUT2D eigenvalue weighted by molar-refractivity contribution is 5.74. The van der Waals surface area contributed by atoms with Gasteiger partial charge in [0.05, 0.1) is 0 Å². The van der Waals surface area contributed by atoms with Crippen molar-refractivity contribution in [2.75, 3.05) is 5.73 Å². The van der Waals surface area contributed by atoms with Gasteiger partial charge in [-0.2, -0.15) is 9.97 Å². The number of benzene rings is 4. The van der Waals surface area contributed by atoms with Crippen LogP contribution in [-0.4, -0.2) is 15.0 Å². The van der Waals surface area contributed by atoms with Crippen molar-refractivity contribution in [3.05, 3.63) is 109 Å². The minimum Gasteiger partial charge on any atom is -0.368 e. The fourth-order valence-electron chi connectivity index (χ4n) is 3.56. The molecule has 0 fully saturated rings. The minimum absolute atomic E-state index is 0.210. The van der Waals surface area contributed by atoms with Crippen LogP contribution in [0.15, 0.2) is 109 Å². The number of nitrogens with zero attached hydrogens (tertiary/aromatic N) is 3. The van der Waals surface area contributed by atoms with Gasteiger partial charge in [-0.1, -0.05) is 103 Å². The first-order chi connectivity index (χ1) is 15.3. The number of rotatable bonds is 4. The Balaban J connectivity index is 1.49. The molecule has 4 nitrogen and oxygen atoms in total. The lowest BCUT2D eigenvalue weighted by Gasteiger charge is -2.08. The molecule has 4 aromatic carbocycles. The average molecular weight is 400 g/mol. The van der Waals surface area contributed by atoms with Crippen molar-refractivity contribution in [3.8, 4) is 45.0 Å². The number of anilines is 1. The third kappa shape index (κ3) is 4.05. The predicted molar refractivity (Wildman–Crippen MR) is 126 cm³/mol. The Kier molecular flexibility index (Phi) is 4.95. The van der Waals surface area contributed by atoms with E-state index in [9.17, 15) is 0 Å². The van der Waals surface area contributed by atoms with Crippen molar-refractivity contribution in [1.29, 1.82) is 0 Å². The summed E-state index contributed by atoms with van der Waals surface area (Å²) < 4.78 is 0. The quantitative estimate of drug-likeness (QED) is 0.395. The van der Waals surface area contributed by atoms with E-state index in [2.05, 4.69) is 75.6 Å². The fourth-order valence-corrected chi connectivity index (χ4v) is 3.56. The summed E-state index contributed by atoms with van der Waals surface area (Å²) in [5.41, 5.74) is 12.4. The van der Waals surface area contributed by atoms with Gasteiger partial charge in [0, 0.05) is 11.1 Å². The van der Waals surface area contributed by atoms with Crippen molar-refractivity contribution in [3.63, 3.8) is 0 Å². The lowest BCUT2D eigenvalue weighted by atomic mass is 9.99. The van der Waals surface area contributed by atoms with Gasteiger partial charge in [-0.15, -0.1) is 0 Å². The van der Waals surface area contributed by atoms with Crippen LogP contribution in [0.3, 0.4) is 0 Å². The van der Waals surface area contributed by atoms with Gasteiger partial charge >= 0.3 is 0 Å². The van der Waals surface area contributed by atoms with Crippen LogP contribution in [0, 0.1) is 0 Å². The summed E-state index contributed by atoms with van der Waals surface area (Å²) in [4.78, 5) is 13.3. The standard InChI is InChI=1S/C27H20N4/c28-27-30-25(22-10-5-2-6-11-22)29-26(31-27)24-13-7-12-23(18-24)21-16-14-20(15-17-21)19-8-3-1-4-9-19/h1-18H,(H2,28,29,30,31). The van der Waals surface area contributed by atoms with Crippen LogP contribution in [0.5, 0.6) is 0 Å². The fraction of sp³-hybridized carbons (Fsp3) is 0. The Morgan fingerprint density at radius 3 is 1.48 bits per heavy atom. The molecule has 148 valence electrons. The monoisotopic (exact) mass is 400 g/mol. The molecule has 0 aliphatic carbocycles. The van der Waals surface area contributed by atoms with Crippen LogP contribution in [0.2, 0.25) is 0 Å². The molecule has 4 heteroatoms. The van der Waals surface area contributed by atoms with E-state index in [1.165, 1.54) is 11.1 Å². The van der Waals surface area contributed by atoms with E-state index in [4.69, 9.17) is 5.73 Å². The first-order valence-corrected chi connectivity index (χ1v) is 10.1. The first kappa shape index (κ1) is 18.7. The molecule has 0 radical (unpaired) electrons. The van der Waals surface area contributed by atoms with Crippen molar-refractivity contribution in [2.45, 2.75) is 0 Å². The second-order valence-corrected chi connectivity index (χ2v) is 7.23. The zero-order valence-corrected chi connectivity index (χ0v) is 16.8. The lowest BCUT2D eigenvalue weighted by molar-refractivity contribution is 1.08. The summed E-state index contributed by atoms with van der Waals surface area (Å²) in [5, 5.41) is 0. The van der Waals surface area contributed by atoms with Crippen LogP contribution in [-0.2, 0) is 0 Å². The molecule has 0 bridgehead atoms. The van der Waals surface area contributed by atoms with Crippen LogP contribution in [0.25, 0.3) is 45.0 Å². The third-order valence-corrected chi connectivity index (χ3v) is 5.13. The SMILES string of the molecule is Nc1nc(-c2ccccc2)nc(-c2cccc(-c3ccc(-c4ccccc4)cc3)c2)n1. The van der Waals surface area contributed by atoms with E-state index in [0.717, 1.165) is 22.3 Å². The Morgan fingerprint density at radius 2 is 0.839 bits per heavy atom. The molecular weight excluding hydrogens is 380 g/mol. The van der Waals surface area contributed by atoms with Gasteiger partial charge < -0.3 is 5.73 Å². The van der Waals surface area contributed by atoms with E-state index in [-0.39, 0.29) is 5.95 Å². The van der Waals surface area contributed by atoms with E-state index < -0.39 is 0 Å². The topological polar surface area (TPSA) is 64.7 Å². The minimum atomic E-state index is 0.210. The van der Waals surface area contributed by atoms with Gasteiger partial charge in [-0.3, -0.25) is 0 Å². The summed E-state index contributed by atoms with van der Waals surface area (Å²) in [6, 6.07) is 36.9. The normalized spacial score (nSPS) is 10.7. The summed E-state index contributed by atoms with van der Waals surface area (Å²) in [5.74, 6) is 1.34. The third-order valence-electron chi connectivity index (χ3n) is 5.13. The second-order valence-electron chi connectivity index (χ2n) is 7.23. The molecule has 0 aliphatic rings. The molecule has 0 saturated carbocycles. The molecule has 1 heterocycles. The molecule has 0 spiro atoms. The molecule has 0 atom stereocenters. The predicted octanol–water partition coefficient (Wildman–Crippen LogP) is 6.12. The van der Waals surface area contributed by atoms with Gasteiger partial charge in [0.2, 0.25) is 5.95 Å². The molecule has 2 N–H and O–H groups in total. The molecule has 0 amide bonds. The Morgan fingerprint density at radius 1 is 0.387 bits per heavy atom. The summed E-state index contributed by atoms with van der Waals surface area (Å²) in [7, 11) is 0. The molecule has 5 rings (SSSR count). The van der Waals surface area contributed by atoms with Crippen LogP contribution in [0.4, 0.5) is 5.95 Å². The zero-order valence-electron chi connectivity index (χ0n) is 16.8.